The van der Waals surface area contributed by atoms with Crippen LogP contribution in [0.25, 0.3) is 0 Å². The van der Waals surface area contributed by atoms with Gasteiger partial charge in [0, 0.05) is 25.0 Å². The molecule has 0 amide bonds. The molecule has 2 N–H and O–H groups in total. The zero-order chi connectivity index (χ0) is 12.4. The molecule has 0 saturated heterocycles. The van der Waals surface area contributed by atoms with Crippen LogP contribution in [0.2, 0.25) is 0 Å². The predicted octanol–water partition coefficient (Wildman–Crippen LogP) is 2.88. The van der Waals surface area contributed by atoms with E-state index in [4.69, 9.17) is 5.73 Å². The van der Waals surface area contributed by atoms with Gasteiger partial charge in [-0.15, -0.1) is 0 Å². The molecule has 17 heavy (non-hydrogen) atoms. The molecule has 4 heteroatoms. The van der Waals surface area contributed by atoms with Gasteiger partial charge in [0.25, 0.3) is 0 Å². The van der Waals surface area contributed by atoms with E-state index in [1.165, 1.54) is 6.07 Å². The zero-order valence-corrected chi connectivity index (χ0v) is 9.81. The van der Waals surface area contributed by atoms with Crippen molar-refractivity contribution in [3.05, 3.63) is 47.9 Å². The van der Waals surface area contributed by atoms with Crippen molar-refractivity contribution < 1.29 is 4.39 Å². The zero-order valence-electron chi connectivity index (χ0n) is 9.81. The number of hydrogen-bond donors (Lipinski definition) is 1. The smallest absolute Gasteiger partial charge is 0.146 e. The summed E-state index contributed by atoms with van der Waals surface area (Å²) in [6.45, 7) is 1.88. The predicted molar refractivity (Wildman–Crippen MR) is 67.8 cm³/mol. The first-order valence-electron chi connectivity index (χ1n) is 5.30. The molecule has 0 aliphatic carbocycles. The first kappa shape index (κ1) is 11.4. The number of rotatable bonds is 2. The molecule has 2 aromatic rings. The fraction of sp³-hybridized carbons (Fsp3) is 0.154. The van der Waals surface area contributed by atoms with E-state index in [9.17, 15) is 4.39 Å². The van der Waals surface area contributed by atoms with Gasteiger partial charge in [-0.1, -0.05) is 12.1 Å². The van der Waals surface area contributed by atoms with Crippen molar-refractivity contribution >= 4 is 17.2 Å². The average Bonchev–Trinajstić information content (AvgIpc) is 2.32. The van der Waals surface area contributed by atoms with Crippen LogP contribution in [0.15, 0.2) is 36.5 Å². The largest absolute Gasteiger partial charge is 0.398 e. The Morgan fingerprint density at radius 3 is 2.65 bits per heavy atom. The number of anilines is 3. The topological polar surface area (TPSA) is 42.2 Å². The van der Waals surface area contributed by atoms with Crippen molar-refractivity contribution in [3.63, 3.8) is 0 Å². The summed E-state index contributed by atoms with van der Waals surface area (Å²) in [5, 5.41) is 0. The molecular weight excluding hydrogens is 217 g/mol. The van der Waals surface area contributed by atoms with Crippen LogP contribution in [-0.4, -0.2) is 12.0 Å². The van der Waals surface area contributed by atoms with Gasteiger partial charge in [-0.2, -0.15) is 0 Å². The summed E-state index contributed by atoms with van der Waals surface area (Å²) < 4.78 is 13.6. The van der Waals surface area contributed by atoms with E-state index < -0.39 is 0 Å². The second-order valence-corrected chi connectivity index (χ2v) is 3.91. The van der Waals surface area contributed by atoms with Crippen molar-refractivity contribution in [3.8, 4) is 0 Å². The van der Waals surface area contributed by atoms with Crippen LogP contribution in [-0.2, 0) is 0 Å². The maximum atomic E-state index is 13.6. The van der Waals surface area contributed by atoms with Gasteiger partial charge in [-0.25, -0.2) is 9.37 Å². The molecule has 0 bridgehead atoms. The Labute approximate surface area is 99.7 Å². The molecule has 3 nitrogen and oxygen atoms in total. The second kappa shape index (κ2) is 4.41. The number of aryl methyl sites for hydroxylation is 1. The number of halogens is 1. The second-order valence-electron chi connectivity index (χ2n) is 3.91. The van der Waals surface area contributed by atoms with Gasteiger partial charge < -0.3 is 10.6 Å². The number of nitrogens with two attached hydrogens (primary N) is 1. The molecule has 0 unspecified atom stereocenters. The van der Waals surface area contributed by atoms with Crippen LogP contribution in [0.3, 0.4) is 0 Å². The van der Waals surface area contributed by atoms with Crippen LogP contribution >= 0.6 is 0 Å². The molecule has 1 heterocycles. The van der Waals surface area contributed by atoms with Crippen molar-refractivity contribution in [2.45, 2.75) is 6.92 Å². The maximum Gasteiger partial charge on any atom is 0.146 e. The van der Waals surface area contributed by atoms with E-state index in [-0.39, 0.29) is 5.82 Å². The Morgan fingerprint density at radius 1 is 1.29 bits per heavy atom. The molecule has 2 rings (SSSR count). The van der Waals surface area contributed by atoms with E-state index in [0.717, 1.165) is 5.56 Å². The van der Waals surface area contributed by atoms with Gasteiger partial charge in [0.1, 0.15) is 11.6 Å². The normalized spacial score (nSPS) is 10.3. The standard InChI is InChI=1S/C13H14FN3/c1-9-8-16-13(7-11(9)15)17(2)12-6-4-3-5-10(12)14/h3-8H,1-2H3,(H2,15,16). The molecular formula is C13H14FN3. The lowest BCUT2D eigenvalue weighted by Crippen LogP contribution is -2.13. The molecule has 0 spiro atoms. The first-order chi connectivity index (χ1) is 8.09. The highest BCUT2D eigenvalue weighted by Crippen LogP contribution is 2.26. The summed E-state index contributed by atoms with van der Waals surface area (Å²) in [5.74, 6) is 0.342. The molecule has 0 atom stereocenters. The summed E-state index contributed by atoms with van der Waals surface area (Å²) in [6.07, 6.45) is 1.68. The SMILES string of the molecule is Cc1cnc(N(C)c2ccccc2F)cc1N. The summed E-state index contributed by atoms with van der Waals surface area (Å²) >= 11 is 0. The molecule has 1 aromatic heterocycles. The van der Waals surface area contributed by atoms with E-state index in [2.05, 4.69) is 4.98 Å². The number of nitrogens with zero attached hydrogens (tertiary/aromatic N) is 2. The highest BCUT2D eigenvalue weighted by Gasteiger charge is 2.10. The highest BCUT2D eigenvalue weighted by atomic mass is 19.1. The number of hydrogen-bond acceptors (Lipinski definition) is 3. The van der Waals surface area contributed by atoms with Crippen LogP contribution in [0.4, 0.5) is 21.6 Å². The Balaban J connectivity index is 2.40. The van der Waals surface area contributed by atoms with Gasteiger partial charge in [-0.05, 0) is 24.6 Å². The lowest BCUT2D eigenvalue weighted by molar-refractivity contribution is 0.627. The minimum Gasteiger partial charge on any atom is -0.398 e. The fourth-order valence-electron chi connectivity index (χ4n) is 1.56. The van der Waals surface area contributed by atoms with Gasteiger partial charge in [0.15, 0.2) is 0 Å². The summed E-state index contributed by atoms with van der Waals surface area (Å²) in [7, 11) is 1.76. The van der Waals surface area contributed by atoms with E-state index in [1.807, 2.05) is 6.92 Å². The Bertz CT molecular complexity index is 540. The van der Waals surface area contributed by atoms with Crippen molar-refractivity contribution in [1.29, 1.82) is 0 Å². The Morgan fingerprint density at radius 2 is 2.00 bits per heavy atom. The third-order valence-electron chi connectivity index (χ3n) is 2.69. The van der Waals surface area contributed by atoms with Gasteiger partial charge >= 0.3 is 0 Å². The highest BCUT2D eigenvalue weighted by molar-refractivity contribution is 5.63. The minimum absolute atomic E-state index is 0.282. The van der Waals surface area contributed by atoms with Crippen molar-refractivity contribution in [1.82, 2.24) is 4.98 Å². The van der Waals surface area contributed by atoms with E-state index >= 15 is 0 Å². The third kappa shape index (κ3) is 2.20. The van der Waals surface area contributed by atoms with Crippen LogP contribution in [0.1, 0.15) is 5.56 Å². The monoisotopic (exact) mass is 231 g/mol. The summed E-state index contributed by atoms with van der Waals surface area (Å²) in [4.78, 5) is 5.91. The lowest BCUT2D eigenvalue weighted by Gasteiger charge is -2.19. The molecule has 0 saturated carbocycles. The summed E-state index contributed by atoms with van der Waals surface area (Å²) in [6, 6.07) is 8.30. The first-order valence-corrected chi connectivity index (χ1v) is 5.30. The summed E-state index contributed by atoms with van der Waals surface area (Å²) in [5.41, 5.74) is 7.85. The average molecular weight is 231 g/mol. The molecule has 1 aromatic carbocycles. The van der Waals surface area contributed by atoms with Gasteiger partial charge in [0.2, 0.25) is 0 Å². The fourth-order valence-corrected chi connectivity index (χ4v) is 1.56. The third-order valence-corrected chi connectivity index (χ3v) is 2.69. The van der Waals surface area contributed by atoms with Gasteiger partial charge in [0.05, 0.1) is 5.69 Å². The van der Waals surface area contributed by atoms with E-state index in [0.29, 0.717) is 17.2 Å². The maximum absolute atomic E-state index is 13.6. The molecule has 0 aliphatic heterocycles. The van der Waals surface area contributed by atoms with Gasteiger partial charge in [-0.3, -0.25) is 0 Å². The molecule has 0 radical (unpaired) electrons. The number of nitrogen functional groups attached to an aromatic ring is 1. The van der Waals surface area contributed by atoms with E-state index in [1.54, 1.807) is 42.4 Å². The molecule has 0 fully saturated rings. The van der Waals surface area contributed by atoms with Crippen LogP contribution in [0, 0.1) is 12.7 Å². The van der Waals surface area contributed by atoms with Crippen LogP contribution in [0.5, 0.6) is 0 Å². The molecule has 88 valence electrons. The number of benzene rings is 1. The number of aromatic nitrogens is 1. The Kier molecular flexibility index (Phi) is 2.95. The van der Waals surface area contributed by atoms with Crippen molar-refractivity contribution in [2.24, 2.45) is 0 Å². The number of pyridine rings is 1. The molecule has 0 aliphatic rings. The minimum atomic E-state index is -0.282. The quantitative estimate of drug-likeness (QED) is 0.864. The Hall–Kier alpha value is -2.10. The number of para-hydroxylation sites is 1. The van der Waals surface area contributed by atoms with Crippen LogP contribution < -0.4 is 10.6 Å². The van der Waals surface area contributed by atoms with Crippen molar-refractivity contribution in [2.75, 3.05) is 17.7 Å². The lowest BCUT2D eigenvalue weighted by atomic mass is 10.2.